The third-order valence-corrected chi connectivity index (χ3v) is 1.84. The van der Waals surface area contributed by atoms with Crippen molar-refractivity contribution in [2.45, 2.75) is 0 Å². The Balaban J connectivity index is 2.86. The van der Waals surface area contributed by atoms with E-state index in [0.29, 0.717) is 5.69 Å². The van der Waals surface area contributed by atoms with Crippen LogP contribution in [-0.4, -0.2) is 10.0 Å². The summed E-state index contributed by atoms with van der Waals surface area (Å²) in [5.41, 5.74) is 2.51. The zero-order chi connectivity index (χ0) is 8.27. The van der Waals surface area contributed by atoms with E-state index in [1.807, 2.05) is 28.0 Å². The van der Waals surface area contributed by atoms with Crippen LogP contribution in [0.1, 0.15) is 0 Å². The van der Waals surface area contributed by atoms with Crippen molar-refractivity contribution in [3.63, 3.8) is 0 Å². The molecule has 0 radical (unpaired) electrons. The minimum Gasteiger partial charge on any atom is -0.263 e. The van der Waals surface area contributed by atoms with E-state index in [4.69, 9.17) is 0 Å². The Hall–Kier alpha value is -0.920. The molecule has 5 nitrogen and oxygen atoms in total. The smallest absolute Gasteiger partial charge is 0.162 e. The molecule has 0 aliphatic carbocycles. The van der Waals surface area contributed by atoms with Gasteiger partial charge in [-0.1, -0.05) is 0 Å². The van der Waals surface area contributed by atoms with E-state index in [2.05, 4.69) is 4.98 Å². The molecule has 0 bridgehead atoms. The number of pyridine rings is 1. The number of hydrazine groups is 1. The predicted octanol–water partition coefficient (Wildman–Crippen LogP) is 1.29. The molecule has 0 aliphatic rings. The molecule has 0 fully saturated rings. The first-order valence-electron chi connectivity index (χ1n) is 2.70. The van der Waals surface area contributed by atoms with Crippen molar-refractivity contribution < 1.29 is 5.03 Å². The van der Waals surface area contributed by atoms with Crippen LogP contribution in [0.5, 0.6) is 0 Å². The predicted molar refractivity (Wildman–Crippen MR) is 47.6 cm³/mol. The topological polar surface area (TPSA) is 68.1 Å². The second-order valence-corrected chi connectivity index (χ2v) is 2.89. The Kier molecular flexibility index (Phi) is 2.58. The van der Waals surface area contributed by atoms with Crippen molar-refractivity contribution in [1.29, 1.82) is 0 Å². The van der Waals surface area contributed by atoms with Crippen LogP contribution in [0.25, 0.3) is 0 Å². The van der Waals surface area contributed by atoms with Crippen LogP contribution in [0.2, 0.25) is 0 Å². The Bertz CT molecular complexity index is 278. The largest absolute Gasteiger partial charge is 0.263 e. The van der Waals surface area contributed by atoms with Gasteiger partial charge in [-0.05, 0) is 28.7 Å². The maximum Gasteiger partial charge on any atom is 0.162 e. The highest BCUT2D eigenvalue weighted by atomic mass is 127. The first-order valence-corrected chi connectivity index (χ1v) is 3.78. The molecule has 1 N–H and O–H groups in total. The molecule has 0 aromatic carbocycles. The van der Waals surface area contributed by atoms with Crippen molar-refractivity contribution >= 4 is 28.3 Å². The number of nitro groups is 1. The van der Waals surface area contributed by atoms with Crippen molar-refractivity contribution in [2.24, 2.45) is 0 Å². The molecule has 0 saturated carbocycles. The molecule has 0 saturated heterocycles. The highest BCUT2D eigenvalue weighted by Gasteiger charge is 2.02. The molecule has 0 atom stereocenters. The lowest BCUT2D eigenvalue weighted by Gasteiger charge is -1.97. The SMILES string of the molecule is O=[N+]([O-])Nc1ccncc1I. The quantitative estimate of drug-likeness (QED) is 0.497. The van der Waals surface area contributed by atoms with Crippen LogP contribution < -0.4 is 5.43 Å². The second kappa shape index (κ2) is 3.46. The van der Waals surface area contributed by atoms with Crippen molar-refractivity contribution in [3.8, 4) is 0 Å². The number of nitrogens with one attached hydrogen (secondary N) is 1. The fraction of sp³-hybridized carbons (Fsp3) is 0. The summed E-state index contributed by atoms with van der Waals surface area (Å²) in [6.07, 6.45) is 3.04. The summed E-state index contributed by atoms with van der Waals surface area (Å²) in [6, 6.07) is 1.55. The molecule has 0 unspecified atom stereocenters. The van der Waals surface area contributed by atoms with Crippen LogP contribution in [0.15, 0.2) is 18.5 Å². The normalized spacial score (nSPS) is 9.18. The van der Waals surface area contributed by atoms with Gasteiger partial charge < -0.3 is 0 Å². The van der Waals surface area contributed by atoms with E-state index in [1.165, 1.54) is 6.20 Å². The van der Waals surface area contributed by atoms with Crippen molar-refractivity contribution in [2.75, 3.05) is 5.43 Å². The van der Waals surface area contributed by atoms with Gasteiger partial charge in [-0.2, -0.15) is 0 Å². The fourth-order valence-electron chi connectivity index (χ4n) is 0.564. The molecule has 6 heteroatoms. The molecular formula is C5H4IN3O2. The fourth-order valence-corrected chi connectivity index (χ4v) is 1.03. The van der Waals surface area contributed by atoms with Crippen molar-refractivity contribution in [1.82, 2.24) is 4.98 Å². The minimum absolute atomic E-state index is 0.464. The molecule has 0 spiro atoms. The average Bonchev–Trinajstić information content (AvgIpc) is 1.93. The van der Waals surface area contributed by atoms with Gasteiger partial charge in [0, 0.05) is 12.4 Å². The molecule has 11 heavy (non-hydrogen) atoms. The van der Waals surface area contributed by atoms with Crippen LogP contribution >= 0.6 is 22.6 Å². The summed E-state index contributed by atoms with van der Waals surface area (Å²) in [5.74, 6) is 0. The van der Waals surface area contributed by atoms with Gasteiger partial charge in [0.15, 0.2) is 5.03 Å². The minimum atomic E-state index is -0.600. The monoisotopic (exact) mass is 265 g/mol. The Labute approximate surface area is 76.1 Å². The average molecular weight is 265 g/mol. The number of aromatic nitrogens is 1. The van der Waals surface area contributed by atoms with E-state index >= 15 is 0 Å². The van der Waals surface area contributed by atoms with Gasteiger partial charge in [-0.15, -0.1) is 5.43 Å². The number of rotatable bonds is 2. The number of hydrogen-bond donors (Lipinski definition) is 1. The summed E-state index contributed by atoms with van der Waals surface area (Å²) in [4.78, 5) is 13.8. The lowest BCUT2D eigenvalue weighted by atomic mass is 10.4. The van der Waals surface area contributed by atoms with Gasteiger partial charge >= 0.3 is 0 Å². The zero-order valence-corrected chi connectivity index (χ0v) is 7.48. The lowest BCUT2D eigenvalue weighted by molar-refractivity contribution is -0.445. The van der Waals surface area contributed by atoms with E-state index in [9.17, 15) is 10.1 Å². The summed E-state index contributed by atoms with van der Waals surface area (Å²) in [6.45, 7) is 0. The number of anilines is 1. The van der Waals surface area contributed by atoms with Crippen LogP contribution in [-0.2, 0) is 0 Å². The molecule has 58 valence electrons. The van der Waals surface area contributed by atoms with Gasteiger partial charge in [0.25, 0.3) is 0 Å². The van der Waals surface area contributed by atoms with Gasteiger partial charge in [-0.25, -0.2) is 10.1 Å². The van der Waals surface area contributed by atoms with Gasteiger partial charge in [0.2, 0.25) is 0 Å². The van der Waals surface area contributed by atoms with Gasteiger partial charge in [0.1, 0.15) is 5.69 Å². The zero-order valence-electron chi connectivity index (χ0n) is 5.32. The van der Waals surface area contributed by atoms with Gasteiger partial charge in [0.05, 0.1) is 3.57 Å². The highest BCUT2D eigenvalue weighted by Crippen LogP contribution is 2.14. The third kappa shape index (κ3) is 2.30. The van der Waals surface area contributed by atoms with E-state index < -0.39 is 5.03 Å². The summed E-state index contributed by atoms with van der Waals surface area (Å²) in [5, 5.41) is 9.39. The Morgan fingerprint density at radius 2 is 2.45 bits per heavy atom. The molecule has 1 heterocycles. The molecule has 0 amide bonds. The third-order valence-electron chi connectivity index (χ3n) is 0.984. The lowest BCUT2D eigenvalue weighted by Crippen LogP contribution is -2.08. The molecule has 0 aliphatic heterocycles. The number of hydrogen-bond acceptors (Lipinski definition) is 3. The highest BCUT2D eigenvalue weighted by molar-refractivity contribution is 14.1. The maximum atomic E-state index is 9.99. The first kappa shape index (κ1) is 8.18. The van der Waals surface area contributed by atoms with E-state index in [0.717, 1.165) is 3.57 Å². The molecule has 1 aromatic rings. The maximum absolute atomic E-state index is 9.99. The van der Waals surface area contributed by atoms with Crippen LogP contribution in [0.3, 0.4) is 0 Å². The van der Waals surface area contributed by atoms with Crippen LogP contribution in [0, 0.1) is 13.7 Å². The van der Waals surface area contributed by atoms with Crippen LogP contribution in [0.4, 0.5) is 5.69 Å². The summed E-state index contributed by atoms with van der Waals surface area (Å²) < 4.78 is 0.724. The second-order valence-electron chi connectivity index (χ2n) is 1.72. The van der Waals surface area contributed by atoms with Gasteiger partial charge in [-0.3, -0.25) is 4.98 Å². The summed E-state index contributed by atoms with van der Waals surface area (Å²) in [7, 11) is 0. The molecule has 1 aromatic heterocycles. The first-order chi connectivity index (χ1) is 5.20. The standard InChI is InChI=1S/C5H4IN3O2/c6-4-3-7-2-1-5(4)8-9(10)11/h1-3H,(H,7,8). The Morgan fingerprint density at radius 1 is 1.73 bits per heavy atom. The van der Waals surface area contributed by atoms with E-state index in [1.54, 1.807) is 12.3 Å². The Morgan fingerprint density at radius 3 is 3.00 bits per heavy atom. The van der Waals surface area contributed by atoms with Crippen molar-refractivity contribution in [3.05, 3.63) is 32.1 Å². The molecular weight excluding hydrogens is 261 g/mol. The summed E-state index contributed by atoms with van der Waals surface area (Å²) >= 11 is 1.96. The van der Waals surface area contributed by atoms with E-state index in [-0.39, 0.29) is 0 Å². The number of nitrogens with zero attached hydrogens (tertiary/aromatic N) is 2. The number of halogens is 1. The molecule has 1 rings (SSSR count).